The standard InChI is InChI=1S/C9H4Cl3F3.C6H2BCl3/c1-4(9(13,14)15)5-2-6(10)8(12)7(11)3-5;7-3-1-4(8)6(10)5(9)2-3/h2-3H,1H2;1-2H. The predicted molar refractivity (Wildman–Crippen MR) is 103 cm³/mol. The second kappa shape index (κ2) is 9.12. The highest BCUT2D eigenvalue weighted by molar-refractivity contribution is 6.50. The molecule has 132 valence electrons. The van der Waals surface area contributed by atoms with Gasteiger partial charge >= 0.3 is 6.18 Å². The van der Waals surface area contributed by atoms with E-state index in [1.165, 1.54) is 0 Å². The van der Waals surface area contributed by atoms with Crippen LogP contribution in [0.4, 0.5) is 13.2 Å². The highest BCUT2D eigenvalue weighted by Crippen LogP contribution is 2.38. The lowest BCUT2D eigenvalue weighted by atomic mass is 9.97. The quantitative estimate of drug-likeness (QED) is 0.299. The molecule has 0 bridgehead atoms. The van der Waals surface area contributed by atoms with E-state index in [1.54, 1.807) is 12.1 Å². The molecule has 0 spiro atoms. The molecule has 2 aromatic carbocycles. The monoisotopic (exact) mass is 464 g/mol. The number of halogens is 9. The minimum absolute atomic E-state index is 0.0251. The molecule has 0 fully saturated rings. The zero-order valence-corrected chi connectivity index (χ0v) is 16.5. The SMILES string of the molecule is C=C(c1cc(Cl)c(Cl)c(Cl)c1)C(F)(F)F.[B]c1cc(Cl)c(Cl)c(Cl)c1. The van der Waals surface area contributed by atoms with Crippen LogP contribution < -0.4 is 5.46 Å². The van der Waals surface area contributed by atoms with Crippen LogP contribution in [0.3, 0.4) is 0 Å². The Morgan fingerprint density at radius 1 is 0.760 bits per heavy atom. The van der Waals surface area contributed by atoms with Gasteiger partial charge in [0.25, 0.3) is 0 Å². The van der Waals surface area contributed by atoms with Crippen molar-refractivity contribution in [1.29, 1.82) is 0 Å². The summed E-state index contributed by atoms with van der Waals surface area (Å²) in [6, 6.07) is 5.25. The van der Waals surface area contributed by atoms with E-state index >= 15 is 0 Å². The summed E-state index contributed by atoms with van der Waals surface area (Å²) in [6.07, 6.45) is -4.51. The van der Waals surface area contributed by atoms with Gasteiger partial charge in [0.2, 0.25) is 0 Å². The van der Waals surface area contributed by atoms with Gasteiger partial charge in [-0.05, 0) is 29.8 Å². The van der Waals surface area contributed by atoms with Crippen LogP contribution in [0.5, 0.6) is 0 Å². The first-order valence-corrected chi connectivity index (χ1v) is 8.42. The second-order valence-corrected chi connectivity index (χ2v) is 6.91. The Morgan fingerprint density at radius 3 is 1.40 bits per heavy atom. The van der Waals surface area contributed by atoms with Gasteiger partial charge in [-0.25, -0.2) is 0 Å². The fourth-order valence-electron chi connectivity index (χ4n) is 1.47. The van der Waals surface area contributed by atoms with E-state index in [-0.39, 0.29) is 20.6 Å². The maximum atomic E-state index is 12.3. The molecule has 2 radical (unpaired) electrons. The molecule has 2 aromatic rings. The molecule has 25 heavy (non-hydrogen) atoms. The molecule has 0 aliphatic heterocycles. The summed E-state index contributed by atoms with van der Waals surface area (Å²) in [5.41, 5.74) is -0.690. The Morgan fingerprint density at radius 2 is 1.08 bits per heavy atom. The lowest BCUT2D eigenvalue weighted by Crippen LogP contribution is -2.09. The Labute approximate surface area is 173 Å². The number of rotatable bonds is 1. The number of alkyl halides is 3. The Hall–Kier alpha value is -0.225. The van der Waals surface area contributed by atoms with Gasteiger partial charge in [0, 0.05) is 0 Å². The zero-order valence-electron chi connectivity index (χ0n) is 12.0. The molecular formula is C15H6BCl6F3. The van der Waals surface area contributed by atoms with Gasteiger partial charge in [0.1, 0.15) is 7.85 Å². The van der Waals surface area contributed by atoms with Crippen LogP contribution in [0.2, 0.25) is 30.1 Å². The van der Waals surface area contributed by atoms with E-state index < -0.39 is 11.7 Å². The van der Waals surface area contributed by atoms with E-state index in [0.29, 0.717) is 20.5 Å². The van der Waals surface area contributed by atoms with Gasteiger partial charge in [-0.3, -0.25) is 0 Å². The molecule has 0 nitrogen and oxygen atoms in total. The van der Waals surface area contributed by atoms with Crippen molar-refractivity contribution in [3.63, 3.8) is 0 Å². The van der Waals surface area contributed by atoms with Gasteiger partial charge in [-0.2, -0.15) is 13.2 Å². The minimum atomic E-state index is -4.51. The first-order valence-electron chi connectivity index (χ1n) is 6.15. The molecule has 0 aliphatic rings. The van der Waals surface area contributed by atoms with Crippen molar-refractivity contribution >= 4 is 88.5 Å². The van der Waals surface area contributed by atoms with Crippen LogP contribution in [0, 0.1) is 0 Å². The Balaban J connectivity index is 0.000000271. The molecule has 0 aromatic heterocycles. The average molecular weight is 467 g/mol. The first-order chi connectivity index (χ1) is 11.3. The third kappa shape index (κ3) is 6.46. The lowest BCUT2D eigenvalue weighted by Gasteiger charge is -2.11. The average Bonchev–Trinajstić information content (AvgIpc) is 2.48. The van der Waals surface area contributed by atoms with Crippen LogP contribution in [-0.2, 0) is 0 Å². The molecule has 10 heteroatoms. The van der Waals surface area contributed by atoms with Gasteiger partial charge in [0.15, 0.2) is 0 Å². The summed E-state index contributed by atoms with van der Waals surface area (Å²) >= 11 is 33.6. The third-order valence-corrected chi connectivity index (χ3v) is 5.07. The molecule has 0 saturated carbocycles. The van der Waals surface area contributed by atoms with Gasteiger partial charge in [0.05, 0.1) is 35.7 Å². The van der Waals surface area contributed by atoms with Crippen molar-refractivity contribution in [1.82, 2.24) is 0 Å². The predicted octanol–water partition coefficient (Wildman–Crippen LogP) is 7.66. The number of benzene rings is 2. The van der Waals surface area contributed by atoms with Crippen LogP contribution in [0.25, 0.3) is 5.57 Å². The largest absolute Gasteiger partial charge is 0.416 e. The summed E-state index contributed by atoms with van der Waals surface area (Å²) in [5, 5.41) is 1.06. The molecule has 0 amide bonds. The summed E-state index contributed by atoms with van der Waals surface area (Å²) in [4.78, 5) is 0. The minimum Gasteiger partial charge on any atom is -0.166 e. The summed E-state index contributed by atoms with van der Waals surface area (Å²) in [7, 11) is 5.40. The molecule has 2 rings (SSSR count). The van der Waals surface area contributed by atoms with Gasteiger partial charge < -0.3 is 0 Å². The third-order valence-electron chi connectivity index (χ3n) is 2.68. The topological polar surface area (TPSA) is 0 Å². The van der Waals surface area contributed by atoms with E-state index in [0.717, 1.165) is 12.1 Å². The molecule has 0 aliphatic carbocycles. The van der Waals surface area contributed by atoms with E-state index in [1.807, 2.05) is 0 Å². The van der Waals surface area contributed by atoms with Crippen molar-refractivity contribution in [3.05, 3.63) is 66.5 Å². The van der Waals surface area contributed by atoms with E-state index in [2.05, 4.69) is 6.58 Å². The fraction of sp³-hybridized carbons (Fsp3) is 0.0667. The summed E-state index contributed by atoms with van der Waals surface area (Å²) in [5.74, 6) is 0. The van der Waals surface area contributed by atoms with Crippen molar-refractivity contribution in [3.8, 4) is 0 Å². The number of hydrogen-bond acceptors (Lipinski definition) is 0. The molecular weight excluding hydrogens is 461 g/mol. The lowest BCUT2D eigenvalue weighted by molar-refractivity contribution is -0.0686. The summed E-state index contributed by atoms with van der Waals surface area (Å²) in [6.45, 7) is 2.92. The van der Waals surface area contributed by atoms with Crippen molar-refractivity contribution in [2.45, 2.75) is 6.18 Å². The molecule has 0 unspecified atom stereocenters. The van der Waals surface area contributed by atoms with E-state index in [4.69, 9.17) is 77.5 Å². The highest BCUT2D eigenvalue weighted by Gasteiger charge is 2.33. The van der Waals surface area contributed by atoms with Crippen LogP contribution in [0.1, 0.15) is 5.56 Å². The van der Waals surface area contributed by atoms with Gasteiger partial charge in [-0.1, -0.05) is 81.6 Å². The Kier molecular flexibility index (Phi) is 8.32. The normalized spacial score (nSPS) is 10.9. The van der Waals surface area contributed by atoms with Crippen molar-refractivity contribution in [2.24, 2.45) is 0 Å². The van der Waals surface area contributed by atoms with Crippen molar-refractivity contribution in [2.75, 3.05) is 0 Å². The molecule has 0 heterocycles. The fourth-order valence-corrected chi connectivity index (χ4v) is 2.68. The Bertz CT molecular complexity index is 758. The number of hydrogen-bond donors (Lipinski definition) is 0. The van der Waals surface area contributed by atoms with E-state index in [9.17, 15) is 13.2 Å². The van der Waals surface area contributed by atoms with Crippen LogP contribution in [0.15, 0.2) is 30.8 Å². The van der Waals surface area contributed by atoms with Crippen molar-refractivity contribution < 1.29 is 13.2 Å². The smallest absolute Gasteiger partial charge is 0.166 e. The molecule has 0 saturated heterocycles. The molecule has 0 atom stereocenters. The highest BCUT2D eigenvalue weighted by atomic mass is 35.5. The zero-order chi connectivity index (χ0) is 19.5. The van der Waals surface area contributed by atoms with Crippen LogP contribution >= 0.6 is 69.6 Å². The van der Waals surface area contributed by atoms with Crippen LogP contribution in [-0.4, -0.2) is 14.0 Å². The maximum absolute atomic E-state index is 12.3. The summed E-state index contributed by atoms with van der Waals surface area (Å²) < 4.78 is 36.8. The first kappa shape index (κ1) is 22.8. The number of allylic oxidation sites excluding steroid dienone is 1. The maximum Gasteiger partial charge on any atom is 0.416 e. The van der Waals surface area contributed by atoms with Gasteiger partial charge in [-0.15, -0.1) is 0 Å². The second-order valence-electron chi connectivity index (χ2n) is 4.53. The molecule has 0 N–H and O–H groups in total.